The van der Waals surface area contributed by atoms with Gasteiger partial charge >= 0.3 is 0 Å². The molecule has 1 saturated heterocycles. The van der Waals surface area contributed by atoms with E-state index in [1.54, 1.807) is 11.8 Å². The highest BCUT2D eigenvalue weighted by molar-refractivity contribution is 7.99. The Kier molecular flexibility index (Phi) is 6.94. The zero-order valence-corrected chi connectivity index (χ0v) is 16.5. The summed E-state index contributed by atoms with van der Waals surface area (Å²) in [5, 5.41) is 14.6. The molecule has 1 fully saturated rings. The minimum atomic E-state index is -1.10. The van der Waals surface area contributed by atoms with Gasteiger partial charge in [-0.25, -0.2) is 0 Å². The number of ether oxygens (including phenoxy) is 1. The summed E-state index contributed by atoms with van der Waals surface area (Å²) >= 11 is 1.65. The molecule has 0 aromatic heterocycles. The summed E-state index contributed by atoms with van der Waals surface area (Å²) in [6.45, 7) is 3.54. The van der Waals surface area contributed by atoms with Gasteiger partial charge < -0.3 is 15.2 Å². The summed E-state index contributed by atoms with van der Waals surface area (Å²) in [5.74, 6) is 0.808. The summed E-state index contributed by atoms with van der Waals surface area (Å²) in [4.78, 5) is 13.8. The van der Waals surface area contributed by atoms with E-state index < -0.39 is 5.60 Å². The summed E-state index contributed by atoms with van der Waals surface area (Å²) in [6.07, 6.45) is 1.56. The summed E-state index contributed by atoms with van der Waals surface area (Å²) in [6, 6.07) is 17.3. The van der Waals surface area contributed by atoms with E-state index >= 15 is 0 Å². The van der Waals surface area contributed by atoms with E-state index in [0.29, 0.717) is 18.8 Å². The van der Waals surface area contributed by atoms with Crippen LogP contribution in [-0.2, 0) is 10.3 Å². The Morgan fingerprint density at radius 2 is 1.81 bits per heavy atom. The predicted molar refractivity (Wildman–Crippen MR) is 109 cm³/mol. The molecule has 1 amide bonds. The molecule has 3 rings (SSSR count). The third-order valence-electron chi connectivity index (χ3n) is 5.12. The van der Waals surface area contributed by atoms with Gasteiger partial charge in [0.1, 0.15) is 5.60 Å². The van der Waals surface area contributed by atoms with Gasteiger partial charge in [0.15, 0.2) is 0 Å². The van der Waals surface area contributed by atoms with Crippen molar-refractivity contribution in [3.8, 4) is 0 Å². The molecular formula is C22H27NO3S. The van der Waals surface area contributed by atoms with Crippen LogP contribution in [-0.4, -0.2) is 36.5 Å². The van der Waals surface area contributed by atoms with Crippen molar-refractivity contribution in [2.45, 2.75) is 30.3 Å². The molecule has 0 bridgehead atoms. The van der Waals surface area contributed by atoms with E-state index in [4.69, 9.17) is 4.74 Å². The Morgan fingerprint density at radius 3 is 2.52 bits per heavy atom. The van der Waals surface area contributed by atoms with Gasteiger partial charge in [0.05, 0.1) is 12.1 Å². The molecular weight excluding hydrogens is 358 g/mol. The van der Waals surface area contributed by atoms with E-state index in [9.17, 15) is 9.90 Å². The van der Waals surface area contributed by atoms with Crippen LogP contribution in [0.5, 0.6) is 0 Å². The van der Waals surface area contributed by atoms with Gasteiger partial charge in [-0.05, 0) is 42.2 Å². The average Bonchev–Trinajstić information content (AvgIpc) is 2.74. The molecule has 0 unspecified atom stereocenters. The topological polar surface area (TPSA) is 58.6 Å². The number of benzene rings is 2. The Bertz CT molecular complexity index is 746. The first-order valence-electron chi connectivity index (χ1n) is 9.51. The van der Waals surface area contributed by atoms with Crippen molar-refractivity contribution in [2.75, 3.05) is 25.5 Å². The number of nitrogens with one attached hydrogen (secondary N) is 1. The molecule has 27 heavy (non-hydrogen) atoms. The number of carbonyl (C=O) groups excluding carboxylic acids is 1. The van der Waals surface area contributed by atoms with E-state index in [0.717, 1.165) is 29.1 Å². The van der Waals surface area contributed by atoms with Crippen molar-refractivity contribution in [3.05, 3.63) is 65.7 Å². The van der Waals surface area contributed by atoms with Crippen molar-refractivity contribution in [2.24, 2.45) is 5.92 Å². The molecule has 1 aliphatic rings. The molecule has 4 nitrogen and oxygen atoms in total. The molecule has 0 saturated carbocycles. The van der Waals surface area contributed by atoms with Gasteiger partial charge in [0.25, 0.3) is 5.91 Å². The largest absolute Gasteiger partial charge is 0.383 e. The van der Waals surface area contributed by atoms with Crippen LogP contribution in [0.1, 0.15) is 35.7 Å². The Labute approximate surface area is 165 Å². The minimum absolute atomic E-state index is 0.0502. The second-order valence-electron chi connectivity index (χ2n) is 6.79. The second kappa shape index (κ2) is 9.40. The number of aliphatic hydroxyl groups is 1. The van der Waals surface area contributed by atoms with Gasteiger partial charge in [0.2, 0.25) is 0 Å². The quantitative estimate of drug-likeness (QED) is 0.711. The van der Waals surface area contributed by atoms with Crippen LogP contribution < -0.4 is 5.32 Å². The van der Waals surface area contributed by atoms with E-state index in [2.05, 4.69) is 12.2 Å². The van der Waals surface area contributed by atoms with Crippen LogP contribution in [0.2, 0.25) is 0 Å². The zero-order valence-electron chi connectivity index (χ0n) is 15.7. The number of amides is 1. The van der Waals surface area contributed by atoms with Gasteiger partial charge in [-0.3, -0.25) is 4.79 Å². The Balaban J connectivity index is 1.80. The normalized spacial score (nSPS) is 17.3. The van der Waals surface area contributed by atoms with Crippen LogP contribution >= 0.6 is 11.8 Å². The molecule has 2 aromatic carbocycles. The zero-order chi connectivity index (χ0) is 19.1. The Morgan fingerprint density at radius 1 is 1.15 bits per heavy atom. The molecule has 2 aromatic rings. The third-order valence-corrected chi connectivity index (χ3v) is 6.08. The maximum atomic E-state index is 12.8. The highest BCUT2D eigenvalue weighted by atomic mass is 32.2. The molecule has 0 spiro atoms. The van der Waals surface area contributed by atoms with Gasteiger partial charge in [-0.15, -0.1) is 11.8 Å². The van der Waals surface area contributed by atoms with Crippen LogP contribution in [0.15, 0.2) is 59.5 Å². The monoisotopic (exact) mass is 385 g/mol. The van der Waals surface area contributed by atoms with Gasteiger partial charge in [-0.1, -0.05) is 49.4 Å². The second-order valence-corrected chi connectivity index (χ2v) is 8.09. The van der Waals surface area contributed by atoms with Crippen molar-refractivity contribution >= 4 is 17.7 Å². The van der Waals surface area contributed by atoms with E-state index in [1.807, 2.05) is 54.6 Å². The minimum Gasteiger partial charge on any atom is -0.383 e. The average molecular weight is 386 g/mol. The van der Waals surface area contributed by atoms with E-state index in [-0.39, 0.29) is 18.4 Å². The number of hydrogen-bond donors (Lipinski definition) is 2. The lowest BCUT2D eigenvalue weighted by Gasteiger charge is -2.39. The molecule has 1 aliphatic heterocycles. The van der Waals surface area contributed by atoms with Crippen LogP contribution in [0.25, 0.3) is 0 Å². The fourth-order valence-corrected chi connectivity index (χ4v) is 4.43. The van der Waals surface area contributed by atoms with Gasteiger partial charge in [0, 0.05) is 18.1 Å². The summed E-state index contributed by atoms with van der Waals surface area (Å²) in [5.41, 5.74) is 0.397. The standard InChI is InChI=1S/C22H27NO3S/c1-2-27-20-11-7-6-10-19(20)21(24)23-16-22(25,17-8-4-3-5-9-17)18-12-14-26-15-13-18/h3-11,18,25H,2,12-16H2,1H3,(H,23,24)/t22-/m1/s1. The van der Waals surface area contributed by atoms with E-state index in [1.165, 1.54) is 0 Å². The predicted octanol–water partition coefficient (Wildman–Crippen LogP) is 3.84. The lowest BCUT2D eigenvalue weighted by atomic mass is 9.77. The number of hydrogen-bond acceptors (Lipinski definition) is 4. The first kappa shape index (κ1) is 19.9. The van der Waals surface area contributed by atoms with Crippen LogP contribution in [0, 0.1) is 5.92 Å². The van der Waals surface area contributed by atoms with Crippen molar-refractivity contribution < 1.29 is 14.6 Å². The SMILES string of the molecule is CCSc1ccccc1C(=O)NC[C@@](O)(c1ccccc1)C1CCOCC1. The number of carbonyl (C=O) groups is 1. The number of rotatable bonds is 7. The summed E-state index contributed by atoms with van der Waals surface area (Å²) < 4.78 is 5.47. The fraction of sp³-hybridized carbons (Fsp3) is 0.409. The Hall–Kier alpha value is -1.82. The molecule has 0 aliphatic carbocycles. The number of thioether (sulfide) groups is 1. The maximum absolute atomic E-state index is 12.8. The lowest BCUT2D eigenvalue weighted by molar-refractivity contribution is -0.0680. The molecule has 5 heteroatoms. The molecule has 0 radical (unpaired) electrons. The summed E-state index contributed by atoms with van der Waals surface area (Å²) in [7, 11) is 0. The molecule has 144 valence electrons. The highest BCUT2D eigenvalue weighted by Gasteiger charge is 2.39. The first-order chi connectivity index (χ1) is 13.1. The van der Waals surface area contributed by atoms with Crippen LogP contribution in [0.4, 0.5) is 0 Å². The third kappa shape index (κ3) is 4.72. The maximum Gasteiger partial charge on any atom is 0.252 e. The van der Waals surface area contributed by atoms with Crippen molar-refractivity contribution in [1.29, 1.82) is 0 Å². The van der Waals surface area contributed by atoms with Crippen molar-refractivity contribution in [3.63, 3.8) is 0 Å². The smallest absolute Gasteiger partial charge is 0.252 e. The molecule has 1 heterocycles. The first-order valence-corrected chi connectivity index (χ1v) is 10.5. The lowest BCUT2D eigenvalue weighted by Crippen LogP contribution is -2.47. The molecule has 2 N–H and O–H groups in total. The van der Waals surface area contributed by atoms with Crippen molar-refractivity contribution in [1.82, 2.24) is 5.32 Å². The molecule has 1 atom stereocenters. The van der Waals surface area contributed by atoms with Gasteiger partial charge in [-0.2, -0.15) is 0 Å². The van der Waals surface area contributed by atoms with Crippen LogP contribution in [0.3, 0.4) is 0 Å². The highest BCUT2D eigenvalue weighted by Crippen LogP contribution is 2.36. The fourth-order valence-electron chi connectivity index (χ4n) is 3.63.